The quantitative estimate of drug-likeness (QED) is 0.409. The number of ether oxygens (including phenoxy) is 1. The van der Waals surface area contributed by atoms with Gasteiger partial charge < -0.3 is 15.8 Å². The summed E-state index contributed by atoms with van der Waals surface area (Å²) >= 11 is 0. The first kappa shape index (κ1) is 21.5. The van der Waals surface area contributed by atoms with Crippen LogP contribution in [0.2, 0.25) is 0 Å². The number of carbonyl (C=O) groups is 1. The molecule has 1 heterocycles. The molecule has 5 nitrogen and oxygen atoms in total. The van der Waals surface area contributed by atoms with Gasteiger partial charge in [0.05, 0.1) is 5.69 Å². The molecule has 0 bridgehead atoms. The second kappa shape index (κ2) is 8.81. The molecular weight excluding hydrogens is 398 g/mol. The molecule has 1 aromatic heterocycles. The third-order valence-corrected chi connectivity index (χ3v) is 5.29. The van der Waals surface area contributed by atoms with Crippen molar-refractivity contribution in [2.75, 3.05) is 5.32 Å². The molecule has 4 rings (SSSR count). The Labute approximate surface area is 188 Å². The number of hydrogen-bond donors (Lipinski definition) is 2. The number of anilines is 1. The zero-order valence-electron chi connectivity index (χ0n) is 18.6. The standard InChI is InChI=1S/C27H27N3O2/c1-27(2,3)21-5-4-6-22(15-21)30-26(31)19-8-7-18-9-10-24(14-20(18)13-19)32-25-11-12-29-23(16-25)17-28/h4-16H,17,28H2,1-3H3,(H,30,31). The zero-order chi connectivity index (χ0) is 22.7. The van der Waals surface area contributed by atoms with E-state index in [1.54, 1.807) is 12.3 Å². The summed E-state index contributed by atoms with van der Waals surface area (Å²) in [6.07, 6.45) is 1.68. The van der Waals surface area contributed by atoms with E-state index in [-0.39, 0.29) is 11.3 Å². The summed E-state index contributed by atoms with van der Waals surface area (Å²) in [7, 11) is 0. The van der Waals surface area contributed by atoms with Crippen LogP contribution in [0.15, 0.2) is 79.0 Å². The smallest absolute Gasteiger partial charge is 0.255 e. The Hall–Kier alpha value is -3.70. The van der Waals surface area contributed by atoms with Crippen molar-refractivity contribution in [1.29, 1.82) is 0 Å². The number of nitrogens with two attached hydrogens (primary N) is 1. The van der Waals surface area contributed by atoms with E-state index in [0.717, 1.165) is 22.2 Å². The van der Waals surface area contributed by atoms with Crippen molar-refractivity contribution in [3.63, 3.8) is 0 Å². The molecule has 0 radical (unpaired) electrons. The number of benzene rings is 3. The first-order valence-electron chi connectivity index (χ1n) is 10.6. The summed E-state index contributed by atoms with van der Waals surface area (Å²) in [4.78, 5) is 17.1. The molecule has 0 fully saturated rings. The monoisotopic (exact) mass is 425 g/mol. The average Bonchev–Trinajstić information content (AvgIpc) is 2.78. The third-order valence-electron chi connectivity index (χ3n) is 5.29. The Morgan fingerprint density at radius 2 is 1.72 bits per heavy atom. The van der Waals surface area contributed by atoms with Crippen molar-refractivity contribution >= 4 is 22.4 Å². The zero-order valence-corrected chi connectivity index (χ0v) is 18.6. The van der Waals surface area contributed by atoms with E-state index >= 15 is 0 Å². The molecule has 3 N–H and O–H groups in total. The molecule has 0 aliphatic carbocycles. The Morgan fingerprint density at radius 1 is 0.938 bits per heavy atom. The van der Waals surface area contributed by atoms with Gasteiger partial charge in [-0.15, -0.1) is 0 Å². The molecule has 3 aromatic carbocycles. The molecule has 0 unspecified atom stereocenters. The van der Waals surface area contributed by atoms with E-state index in [4.69, 9.17) is 10.5 Å². The molecule has 32 heavy (non-hydrogen) atoms. The number of rotatable bonds is 5. The number of amides is 1. The van der Waals surface area contributed by atoms with Crippen LogP contribution in [0.3, 0.4) is 0 Å². The molecule has 5 heteroatoms. The highest BCUT2D eigenvalue weighted by Gasteiger charge is 2.15. The minimum absolute atomic E-state index is 0.0137. The summed E-state index contributed by atoms with van der Waals surface area (Å²) in [5, 5.41) is 4.97. The van der Waals surface area contributed by atoms with Crippen molar-refractivity contribution in [3.8, 4) is 11.5 Å². The first-order chi connectivity index (χ1) is 15.3. The fourth-order valence-electron chi connectivity index (χ4n) is 3.46. The second-order valence-electron chi connectivity index (χ2n) is 8.80. The maximum absolute atomic E-state index is 12.9. The van der Waals surface area contributed by atoms with Crippen LogP contribution in [0.4, 0.5) is 5.69 Å². The highest BCUT2D eigenvalue weighted by atomic mass is 16.5. The van der Waals surface area contributed by atoms with Gasteiger partial charge in [0, 0.05) is 30.1 Å². The van der Waals surface area contributed by atoms with Crippen molar-refractivity contribution in [2.24, 2.45) is 5.73 Å². The molecular formula is C27H27N3O2. The van der Waals surface area contributed by atoms with Gasteiger partial charge in [-0.2, -0.15) is 0 Å². The Kier molecular flexibility index (Phi) is 5.93. The van der Waals surface area contributed by atoms with Crippen LogP contribution in [-0.2, 0) is 12.0 Å². The predicted octanol–water partition coefficient (Wildman–Crippen LogP) is 6.04. The second-order valence-corrected chi connectivity index (χ2v) is 8.80. The fraction of sp³-hybridized carbons (Fsp3) is 0.185. The minimum Gasteiger partial charge on any atom is -0.457 e. The van der Waals surface area contributed by atoms with E-state index in [9.17, 15) is 4.79 Å². The van der Waals surface area contributed by atoms with Gasteiger partial charge in [-0.1, -0.05) is 45.0 Å². The number of hydrogen-bond acceptors (Lipinski definition) is 4. The van der Waals surface area contributed by atoms with Gasteiger partial charge in [0.1, 0.15) is 11.5 Å². The van der Waals surface area contributed by atoms with Crippen molar-refractivity contribution in [2.45, 2.75) is 32.7 Å². The van der Waals surface area contributed by atoms with Crippen molar-refractivity contribution < 1.29 is 9.53 Å². The number of carbonyl (C=O) groups excluding carboxylic acids is 1. The van der Waals surface area contributed by atoms with Crippen molar-refractivity contribution in [1.82, 2.24) is 4.98 Å². The molecule has 0 aliphatic heterocycles. The lowest BCUT2D eigenvalue weighted by Gasteiger charge is -2.20. The summed E-state index contributed by atoms with van der Waals surface area (Å²) < 4.78 is 5.97. The van der Waals surface area contributed by atoms with E-state index in [2.05, 4.69) is 37.1 Å². The van der Waals surface area contributed by atoms with Gasteiger partial charge in [-0.05, 0) is 64.2 Å². The maximum Gasteiger partial charge on any atom is 0.255 e. The molecule has 0 saturated heterocycles. The highest BCUT2D eigenvalue weighted by molar-refractivity contribution is 6.06. The van der Waals surface area contributed by atoms with Gasteiger partial charge in [-0.3, -0.25) is 9.78 Å². The van der Waals surface area contributed by atoms with Crippen LogP contribution in [-0.4, -0.2) is 10.9 Å². The largest absolute Gasteiger partial charge is 0.457 e. The lowest BCUT2D eigenvalue weighted by molar-refractivity contribution is 0.102. The summed E-state index contributed by atoms with van der Waals surface area (Å²) in [6.45, 7) is 6.81. The van der Waals surface area contributed by atoms with E-state index in [1.165, 1.54) is 5.56 Å². The SMILES string of the molecule is CC(C)(C)c1cccc(NC(=O)c2ccc3ccc(Oc4ccnc(CN)c4)cc3c2)c1. The Balaban J connectivity index is 1.56. The van der Waals surface area contributed by atoms with Gasteiger partial charge >= 0.3 is 0 Å². The molecule has 0 aliphatic rings. The number of aromatic nitrogens is 1. The van der Waals surface area contributed by atoms with Crippen LogP contribution in [0.1, 0.15) is 42.4 Å². The van der Waals surface area contributed by atoms with Gasteiger partial charge in [0.15, 0.2) is 0 Å². The summed E-state index contributed by atoms with van der Waals surface area (Å²) in [5.74, 6) is 1.21. The topological polar surface area (TPSA) is 77.2 Å². The minimum atomic E-state index is -0.147. The predicted molar refractivity (Wildman–Crippen MR) is 129 cm³/mol. The Bertz CT molecular complexity index is 1280. The molecule has 0 atom stereocenters. The van der Waals surface area contributed by atoms with E-state index in [1.807, 2.05) is 60.7 Å². The molecule has 0 spiro atoms. The molecule has 4 aromatic rings. The van der Waals surface area contributed by atoms with E-state index in [0.29, 0.717) is 23.6 Å². The summed E-state index contributed by atoms with van der Waals surface area (Å²) in [6, 6.07) is 23.0. The molecule has 162 valence electrons. The first-order valence-corrected chi connectivity index (χ1v) is 10.6. The molecule has 1 amide bonds. The highest BCUT2D eigenvalue weighted by Crippen LogP contribution is 2.28. The lowest BCUT2D eigenvalue weighted by atomic mass is 9.87. The third kappa shape index (κ3) is 4.95. The fourth-order valence-corrected chi connectivity index (χ4v) is 3.46. The number of nitrogens with one attached hydrogen (secondary N) is 1. The van der Waals surface area contributed by atoms with Crippen LogP contribution >= 0.6 is 0 Å². The van der Waals surface area contributed by atoms with Gasteiger partial charge in [0.2, 0.25) is 0 Å². The maximum atomic E-state index is 12.9. The van der Waals surface area contributed by atoms with Crippen LogP contribution < -0.4 is 15.8 Å². The number of nitrogens with zero attached hydrogens (tertiary/aromatic N) is 1. The summed E-state index contributed by atoms with van der Waals surface area (Å²) in [5.41, 5.74) is 8.98. The Morgan fingerprint density at radius 3 is 2.50 bits per heavy atom. The van der Waals surface area contributed by atoms with Crippen LogP contribution in [0.25, 0.3) is 10.8 Å². The molecule has 0 saturated carbocycles. The van der Waals surface area contributed by atoms with Crippen LogP contribution in [0, 0.1) is 0 Å². The normalized spacial score (nSPS) is 11.4. The van der Waals surface area contributed by atoms with Gasteiger partial charge in [-0.25, -0.2) is 0 Å². The van der Waals surface area contributed by atoms with E-state index < -0.39 is 0 Å². The average molecular weight is 426 g/mol. The van der Waals surface area contributed by atoms with Crippen molar-refractivity contribution in [3.05, 3.63) is 95.8 Å². The number of fused-ring (bicyclic) bond motifs is 1. The lowest BCUT2D eigenvalue weighted by Crippen LogP contribution is -2.14. The van der Waals surface area contributed by atoms with Gasteiger partial charge in [0.25, 0.3) is 5.91 Å². The number of pyridine rings is 1. The van der Waals surface area contributed by atoms with Crippen LogP contribution in [0.5, 0.6) is 11.5 Å².